The van der Waals surface area contributed by atoms with E-state index >= 15 is 0 Å². The summed E-state index contributed by atoms with van der Waals surface area (Å²) in [5.74, 6) is 1.28. The highest BCUT2D eigenvalue weighted by atomic mass is 35.5. The van der Waals surface area contributed by atoms with E-state index < -0.39 is 0 Å². The van der Waals surface area contributed by atoms with Crippen LogP contribution < -0.4 is 14.8 Å². The molecule has 1 heterocycles. The minimum atomic E-state index is -0.154. The molecule has 168 valence electrons. The number of amides is 1. The first-order valence-corrected chi connectivity index (χ1v) is 12.1. The van der Waals surface area contributed by atoms with Gasteiger partial charge in [0.05, 0.1) is 41.6 Å². The molecule has 0 atom stereocenters. The third kappa shape index (κ3) is 6.04. The Labute approximate surface area is 204 Å². The zero-order valence-electron chi connectivity index (χ0n) is 17.9. The highest BCUT2D eigenvalue weighted by Crippen LogP contribution is 2.33. The highest BCUT2D eigenvalue weighted by molar-refractivity contribution is 8.01. The molecule has 1 aromatic heterocycles. The highest BCUT2D eigenvalue weighted by Gasteiger charge is 2.12. The Kier molecular flexibility index (Phi) is 7.49. The number of nitrogens with zero attached hydrogens (tertiary/aromatic N) is 2. The maximum absolute atomic E-state index is 12.5. The van der Waals surface area contributed by atoms with Gasteiger partial charge in [0.2, 0.25) is 5.91 Å². The van der Waals surface area contributed by atoms with Gasteiger partial charge in [-0.3, -0.25) is 9.79 Å². The average Bonchev–Trinajstić information content (AvgIpc) is 3.24. The Hall–Kier alpha value is -3.07. The zero-order chi connectivity index (χ0) is 23.2. The lowest BCUT2D eigenvalue weighted by atomic mass is 10.2. The van der Waals surface area contributed by atoms with E-state index in [1.165, 1.54) is 23.1 Å². The van der Waals surface area contributed by atoms with Crippen LogP contribution in [0.2, 0.25) is 5.02 Å². The Balaban J connectivity index is 1.40. The van der Waals surface area contributed by atoms with Crippen LogP contribution in [-0.4, -0.2) is 37.1 Å². The number of fused-ring (bicyclic) bond motifs is 1. The van der Waals surface area contributed by atoms with Gasteiger partial charge in [-0.25, -0.2) is 4.98 Å². The van der Waals surface area contributed by atoms with Crippen molar-refractivity contribution in [1.82, 2.24) is 4.98 Å². The largest absolute Gasteiger partial charge is 0.497 e. The smallest absolute Gasteiger partial charge is 0.234 e. The predicted octanol–water partition coefficient (Wildman–Crippen LogP) is 6.45. The Bertz CT molecular complexity index is 1310. The minimum Gasteiger partial charge on any atom is -0.497 e. The number of aromatic nitrogens is 1. The molecule has 3 aromatic carbocycles. The number of hydrogen-bond donors (Lipinski definition) is 1. The van der Waals surface area contributed by atoms with Gasteiger partial charge in [-0.2, -0.15) is 0 Å². The number of ether oxygens (including phenoxy) is 2. The van der Waals surface area contributed by atoms with Crippen LogP contribution in [0.3, 0.4) is 0 Å². The number of rotatable bonds is 8. The van der Waals surface area contributed by atoms with Crippen molar-refractivity contribution in [2.24, 2.45) is 4.99 Å². The third-order valence-corrected chi connectivity index (χ3v) is 7.01. The van der Waals surface area contributed by atoms with Crippen LogP contribution in [0.5, 0.6) is 11.5 Å². The maximum Gasteiger partial charge on any atom is 0.234 e. The van der Waals surface area contributed by atoms with Crippen LogP contribution in [0.1, 0.15) is 5.56 Å². The summed E-state index contributed by atoms with van der Waals surface area (Å²) in [6.45, 7) is 0. The fraction of sp³-hybridized carbons (Fsp3) is 0.125. The molecule has 0 saturated heterocycles. The van der Waals surface area contributed by atoms with Crippen LogP contribution in [-0.2, 0) is 4.79 Å². The number of methoxy groups -OCH3 is 2. The van der Waals surface area contributed by atoms with Crippen LogP contribution in [0.15, 0.2) is 70.0 Å². The lowest BCUT2D eigenvalue weighted by molar-refractivity contribution is -0.113. The lowest BCUT2D eigenvalue weighted by Crippen LogP contribution is -2.14. The van der Waals surface area contributed by atoms with Crippen molar-refractivity contribution in [3.63, 3.8) is 0 Å². The number of thiazole rings is 1. The molecule has 0 aliphatic heterocycles. The minimum absolute atomic E-state index is 0.154. The van der Waals surface area contributed by atoms with Gasteiger partial charge in [0, 0.05) is 17.3 Å². The monoisotopic (exact) mass is 497 g/mol. The number of hydrogen-bond acceptors (Lipinski definition) is 7. The van der Waals surface area contributed by atoms with Crippen LogP contribution >= 0.6 is 34.7 Å². The summed E-state index contributed by atoms with van der Waals surface area (Å²) in [6.07, 6.45) is 1.80. The molecule has 0 unspecified atom stereocenters. The van der Waals surface area contributed by atoms with E-state index in [1.807, 2.05) is 42.5 Å². The van der Waals surface area contributed by atoms with Gasteiger partial charge < -0.3 is 14.8 Å². The number of nitrogens with one attached hydrogen (secondary N) is 1. The van der Waals surface area contributed by atoms with Gasteiger partial charge in [-0.15, -0.1) is 11.3 Å². The molecule has 1 N–H and O–H groups in total. The van der Waals surface area contributed by atoms with Crippen LogP contribution in [0, 0.1) is 0 Å². The second kappa shape index (κ2) is 10.7. The van der Waals surface area contributed by atoms with Crippen molar-refractivity contribution in [1.29, 1.82) is 0 Å². The Morgan fingerprint density at radius 2 is 1.94 bits per heavy atom. The number of benzene rings is 3. The normalized spacial score (nSPS) is 11.1. The summed E-state index contributed by atoms with van der Waals surface area (Å²) in [4.78, 5) is 21.6. The number of halogens is 1. The molecule has 0 aliphatic rings. The Morgan fingerprint density at radius 3 is 2.70 bits per heavy atom. The molecule has 0 saturated carbocycles. The first-order chi connectivity index (χ1) is 16.0. The standard InChI is InChI=1S/C24H20ClN3O3S2/c1-30-18-8-10-21(31-2)20(12-18)27-23(29)14-32-24-28-19-9-7-17(11-22(19)33-24)26-13-15-3-5-16(25)6-4-15/h3-13H,14H2,1-2H3,(H,27,29). The Morgan fingerprint density at radius 1 is 1.12 bits per heavy atom. The van der Waals surface area contributed by atoms with E-state index in [2.05, 4.69) is 15.3 Å². The van der Waals surface area contributed by atoms with E-state index in [9.17, 15) is 4.79 Å². The number of carbonyl (C=O) groups excluding carboxylic acids is 1. The lowest BCUT2D eigenvalue weighted by Gasteiger charge is -2.11. The average molecular weight is 498 g/mol. The van der Waals surface area contributed by atoms with E-state index in [0.717, 1.165) is 25.8 Å². The zero-order valence-corrected chi connectivity index (χ0v) is 20.3. The van der Waals surface area contributed by atoms with Gasteiger partial charge in [0.25, 0.3) is 0 Å². The first-order valence-electron chi connectivity index (χ1n) is 9.89. The second-order valence-corrected chi connectivity index (χ2v) is 9.53. The van der Waals surface area contributed by atoms with Gasteiger partial charge >= 0.3 is 0 Å². The molecule has 1 amide bonds. The molecule has 0 fully saturated rings. The first kappa shape index (κ1) is 23.1. The van der Waals surface area contributed by atoms with Crippen LogP contribution in [0.25, 0.3) is 10.2 Å². The van der Waals surface area contributed by atoms with Gasteiger partial charge in [-0.1, -0.05) is 35.5 Å². The van der Waals surface area contributed by atoms with Crippen molar-refractivity contribution in [3.05, 3.63) is 71.2 Å². The van der Waals surface area contributed by atoms with E-state index in [1.54, 1.807) is 38.6 Å². The molecule has 4 rings (SSSR count). The van der Waals surface area contributed by atoms with Crippen molar-refractivity contribution in [3.8, 4) is 11.5 Å². The molecule has 6 nitrogen and oxygen atoms in total. The quantitative estimate of drug-likeness (QED) is 0.224. The second-order valence-electron chi connectivity index (χ2n) is 6.84. The predicted molar refractivity (Wildman–Crippen MR) is 137 cm³/mol. The van der Waals surface area contributed by atoms with Gasteiger partial charge in [0.15, 0.2) is 4.34 Å². The molecule has 0 spiro atoms. The summed E-state index contributed by atoms with van der Waals surface area (Å²) in [7, 11) is 3.13. The van der Waals surface area contributed by atoms with Crippen molar-refractivity contribution >= 4 is 68.4 Å². The molecule has 0 radical (unpaired) electrons. The van der Waals surface area contributed by atoms with Crippen molar-refractivity contribution in [2.45, 2.75) is 4.34 Å². The molecule has 4 aromatic rings. The van der Waals surface area contributed by atoms with E-state index in [-0.39, 0.29) is 11.7 Å². The fourth-order valence-corrected chi connectivity index (χ4v) is 4.98. The number of anilines is 1. The SMILES string of the molecule is COc1ccc(OC)c(NC(=O)CSc2nc3ccc(N=Cc4ccc(Cl)cc4)cc3s2)c1. The molecule has 9 heteroatoms. The summed E-state index contributed by atoms with van der Waals surface area (Å²) < 4.78 is 12.4. The molecule has 0 bridgehead atoms. The summed E-state index contributed by atoms with van der Waals surface area (Å²) in [6, 6.07) is 18.6. The summed E-state index contributed by atoms with van der Waals surface area (Å²) >= 11 is 8.84. The van der Waals surface area contributed by atoms with Gasteiger partial charge in [0.1, 0.15) is 11.5 Å². The molecule has 33 heavy (non-hydrogen) atoms. The maximum atomic E-state index is 12.5. The van der Waals surface area contributed by atoms with Gasteiger partial charge in [-0.05, 0) is 48.0 Å². The van der Waals surface area contributed by atoms with Crippen molar-refractivity contribution < 1.29 is 14.3 Å². The number of carbonyl (C=O) groups is 1. The molecular formula is C24H20ClN3O3S2. The third-order valence-electron chi connectivity index (χ3n) is 4.59. The fourth-order valence-electron chi connectivity index (χ4n) is 2.96. The number of aliphatic imine (C=N–C) groups is 1. The summed E-state index contributed by atoms with van der Waals surface area (Å²) in [5.41, 5.74) is 3.25. The summed E-state index contributed by atoms with van der Waals surface area (Å²) in [5, 5.41) is 3.56. The van der Waals surface area contributed by atoms with E-state index in [4.69, 9.17) is 21.1 Å². The number of thioether (sulfide) groups is 1. The molecular weight excluding hydrogens is 478 g/mol. The van der Waals surface area contributed by atoms with E-state index in [0.29, 0.717) is 22.2 Å². The molecule has 0 aliphatic carbocycles. The topological polar surface area (TPSA) is 72.8 Å². The van der Waals surface area contributed by atoms with Crippen LogP contribution in [0.4, 0.5) is 11.4 Å². The van der Waals surface area contributed by atoms with Crippen molar-refractivity contribution in [2.75, 3.05) is 25.3 Å².